The van der Waals surface area contributed by atoms with Gasteiger partial charge in [0.1, 0.15) is 24.2 Å². The number of anilines is 1. The molecule has 0 aliphatic heterocycles. The van der Waals surface area contributed by atoms with Crippen molar-refractivity contribution >= 4 is 28.1 Å². The first kappa shape index (κ1) is 16.3. The third kappa shape index (κ3) is 2.94. The van der Waals surface area contributed by atoms with Crippen molar-refractivity contribution in [3.05, 3.63) is 37.2 Å². The van der Waals surface area contributed by atoms with Crippen molar-refractivity contribution in [3.63, 3.8) is 0 Å². The van der Waals surface area contributed by atoms with E-state index in [0.717, 1.165) is 46.7 Å². The van der Waals surface area contributed by atoms with Gasteiger partial charge >= 0.3 is 0 Å². The summed E-state index contributed by atoms with van der Waals surface area (Å²) in [5.41, 5.74) is 2.94. The Balaban J connectivity index is 1.57. The van der Waals surface area contributed by atoms with Crippen molar-refractivity contribution < 1.29 is 9.15 Å². The van der Waals surface area contributed by atoms with E-state index in [-0.39, 0.29) is 6.04 Å². The largest absolute Gasteiger partial charge is 0.489 e. The highest BCUT2D eigenvalue weighted by molar-refractivity contribution is 5.82. The molecule has 26 heavy (non-hydrogen) atoms. The van der Waals surface area contributed by atoms with Crippen LogP contribution in [0.25, 0.3) is 22.3 Å². The van der Waals surface area contributed by atoms with Crippen molar-refractivity contribution in [2.24, 2.45) is 0 Å². The van der Waals surface area contributed by atoms with E-state index in [9.17, 15) is 0 Å². The molecule has 0 spiro atoms. The molecule has 1 N–H and O–H groups in total. The fourth-order valence-corrected chi connectivity index (χ4v) is 3.07. The number of aromatic amines is 1. The lowest BCUT2D eigenvalue weighted by Crippen LogP contribution is -2.37. The van der Waals surface area contributed by atoms with Gasteiger partial charge in [0.2, 0.25) is 0 Å². The van der Waals surface area contributed by atoms with Crippen LogP contribution >= 0.6 is 0 Å². The van der Waals surface area contributed by atoms with Crippen LogP contribution in [0.2, 0.25) is 0 Å². The van der Waals surface area contributed by atoms with Crippen LogP contribution < -0.4 is 9.64 Å². The summed E-state index contributed by atoms with van der Waals surface area (Å²) >= 11 is 0. The maximum Gasteiger partial charge on any atom is 0.182 e. The molecule has 8 heteroatoms. The molecule has 4 aromatic rings. The fourth-order valence-electron chi connectivity index (χ4n) is 3.07. The van der Waals surface area contributed by atoms with E-state index in [4.69, 9.17) is 9.15 Å². The molecule has 0 saturated carbocycles. The molecular weight excluding hydrogens is 332 g/mol. The Morgan fingerprint density at radius 3 is 3.00 bits per heavy atom. The molecule has 0 radical (unpaired) electrons. The zero-order chi connectivity index (χ0) is 17.9. The Labute approximate surface area is 150 Å². The highest BCUT2D eigenvalue weighted by Gasteiger charge is 2.20. The van der Waals surface area contributed by atoms with Crippen LogP contribution in [-0.4, -0.2) is 44.6 Å². The number of benzene rings is 1. The number of imidazole rings is 1. The van der Waals surface area contributed by atoms with Gasteiger partial charge in [-0.3, -0.25) is 0 Å². The Morgan fingerprint density at radius 1 is 1.19 bits per heavy atom. The third-order valence-corrected chi connectivity index (χ3v) is 4.46. The summed E-state index contributed by atoms with van der Waals surface area (Å²) in [6, 6.07) is 5.82. The first-order valence-corrected chi connectivity index (χ1v) is 8.60. The number of likely N-dealkylation sites (N-methyl/N-ethyl adjacent to an activating group) is 1. The van der Waals surface area contributed by atoms with Crippen molar-refractivity contribution in [1.29, 1.82) is 0 Å². The van der Waals surface area contributed by atoms with Gasteiger partial charge in [-0.2, -0.15) is 0 Å². The first-order chi connectivity index (χ1) is 12.8. The minimum absolute atomic E-state index is 0.136. The maximum atomic E-state index is 6.09. The minimum Gasteiger partial charge on any atom is -0.489 e. The highest BCUT2D eigenvalue weighted by Crippen LogP contribution is 2.26. The van der Waals surface area contributed by atoms with Crippen LogP contribution in [0.5, 0.6) is 5.75 Å². The normalized spacial score (nSPS) is 12.5. The number of H-pyrrole nitrogens is 1. The zero-order valence-corrected chi connectivity index (χ0v) is 14.7. The molecule has 0 saturated heterocycles. The molecule has 3 aromatic heterocycles. The lowest BCUT2D eigenvalue weighted by Gasteiger charge is -2.29. The fraction of sp³-hybridized carbons (Fsp3) is 0.333. The van der Waals surface area contributed by atoms with Gasteiger partial charge in [-0.1, -0.05) is 19.4 Å². The van der Waals surface area contributed by atoms with Gasteiger partial charge in [0, 0.05) is 7.05 Å². The molecule has 0 aliphatic rings. The van der Waals surface area contributed by atoms with Crippen molar-refractivity contribution in [3.8, 4) is 5.75 Å². The van der Waals surface area contributed by atoms with Crippen LogP contribution in [-0.2, 0) is 0 Å². The van der Waals surface area contributed by atoms with E-state index in [2.05, 4.69) is 36.7 Å². The van der Waals surface area contributed by atoms with E-state index in [0.29, 0.717) is 6.61 Å². The Bertz CT molecular complexity index is 1010. The van der Waals surface area contributed by atoms with Gasteiger partial charge in [-0.15, -0.1) is 0 Å². The molecule has 1 aromatic carbocycles. The number of aromatic nitrogens is 5. The number of ether oxygens (including phenoxy) is 1. The molecule has 0 amide bonds. The van der Waals surface area contributed by atoms with E-state index in [1.54, 1.807) is 12.7 Å². The van der Waals surface area contributed by atoms with Crippen LogP contribution in [0.3, 0.4) is 0 Å². The highest BCUT2D eigenvalue weighted by atomic mass is 16.5. The molecule has 3 heterocycles. The number of para-hydroxylation sites is 1. The zero-order valence-electron chi connectivity index (χ0n) is 14.7. The molecular formula is C18H20N6O2. The second-order valence-electron chi connectivity index (χ2n) is 6.12. The molecule has 0 unspecified atom stereocenters. The van der Waals surface area contributed by atoms with Crippen LogP contribution in [0.1, 0.15) is 19.8 Å². The van der Waals surface area contributed by atoms with Gasteiger partial charge < -0.3 is 19.0 Å². The first-order valence-electron chi connectivity index (χ1n) is 8.60. The monoisotopic (exact) mass is 352 g/mol. The Morgan fingerprint density at radius 2 is 2.12 bits per heavy atom. The van der Waals surface area contributed by atoms with Gasteiger partial charge in [0.05, 0.1) is 12.4 Å². The quantitative estimate of drug-likeness (QED) is 0.546. The van der Waals surface area contributed by atoms with Crippen molar-refractivity contribution in [1.82, 2.24) is 24.9 Å². The lowest BCUT2D eigenvalue weighted by atomic mass is 10.1. The predicted octanol–water partition coefficient (Wildman–Crippen LogP) is 3.18. The third-order valence-electron chi connectivity index (χ3n) is 4.46. The molecule has 8 nitrogen and oxygen atoms in total. The lowest BCUT2D eigenvalue weighted by molar-refractivity contribution is 0.279. The molecule has 0 bridgehead atoms. The summed E-state index contributed by atoms with van der Waals surface area (Å²) in [5.74, 6) is 1.51. The second kappa shape index (κ2) is 6.99. The van der Waals surface area contributed by atoms with E-state index < -0.39 is 0 Å². The molecule has 0 aliphatic carbocycles. The number of nitrogens with zero attached hydrogens (tertiary/aromatic N) is 5. The SMILES string of the molecule is CCC[C@H](COc1cccc2ocnc12)N(C)c1ncnc2[nH]cnc12. The van der Waals surface area contributed by atoms with Crippen LogP contribution in [0, 0.1) is 0 Å². The summed E-state index contributed by atoms with van der Waals surface area (Å²) in [4.78, 5) is 22.4. The van der Waals surface area contributed by atoms with E-state index in [1.807, 2.05) is 25.2 Å². The van der Waals surface area contributed by atoms with Crippen molar-refractivity contribution in [2.45, 2.75) is 25.8 Å². The van der Waals surface area contributed by atoms with Crippen LogP contribution in [0.4, 0.5) is 5.82 Å². The average molecular weight is 352 g/mol. The van der Waals surface area contributed by atoms with Gasteiger partial charge in [0.25, 0.3) is 0 Å². The van der Waals surface area contributed by atoms with E-state index >= 15 is 0 Å². The summed E-state index contributed by atoms with van der Waals surface area (Å²) in [6.07, 6.45) is 6.60. The maximum absolute atomic E-state index is 6.09. The van der Waals surface area contributed by atoms with Crippen molar-refractivity contribution in [2.75, 3.05) is 18.6 Å². The molecule has 0 fully saturated rings. The van der Waals surface area contributed by atoms with Gasteiger partial charge in [-0.05, 0) is 18.6 Å². The Kier molecular flexibility index (Phi) is 4.39. The molecule has 1 atom stereocenters. The summed E-state index contributed by atoms with van der Waals surface area (Å²) in [7, 11) is 2.01. The van der Waals surface area contributed by atoms with Crippen LogP contribution in [0.15, 0.2) is 41.7 Å². The number of oxazole rings is 1. The van der Waals surface area contributed by atoms with E-state index in [1.165, 1.54) is 6.39 Å². The summed E-state index contributed by atoms with van der Waals surface area (Å²) in [5, 5.41) is 0. The number of hydrogen-bond acceptors (Lipinski definition) is 7. The number of fused-ring (bicyclic) bond motifs is 2. The van der Waals surface area contributed by atoms with Gasteiger partial charge in [-0.25, -0.2) is 19.9 Å². The number of hydrogen-bond donors (Lipinski definition) is 1. The standard InChI is InChI=1S/C18H20N6O2/c1-3-5-12(8-25-13-6-4-7-14-15(13)23-11-26-14)24(2)18-16-17(20-9-19-16)21-10-22-18/h4,6-7,9-12H,3,5,8H2,1-2H3,(H,19,20,21,22)/t12-/m1/s1. The summed E-state index contributed by atoms with van der Waals surface area (Å²) < 4.78 is 11.4. The topological polar surface area (TPSA) is 93.0 Å². The second-order valence-corrected chi connectivity index (χ2v) is 6.12. The smallest absolute Gasteiger partial charge is 0.182 e. The predicted molar refractivity (Wildman–Crippen MR) is 98.3 cm³/mol. The average Bonchev–Trinajstić information content (AvgIpc) is 3.33. The number of rotatable bonds is 7. The van der Waals surface area contributed by atoms with Gasteiger partial charge in [0.15, 0.2) is 29.0 Å². The molecule has 4 rings (SSSR count). The Hall–Kier alpha value is -3.16. The minimum atomic E-state index is 0.136. The molecule has 134 valence electrons. The summed E-state index contributed by atoms with van der Waals surface area (Å²) in [6.45, 7) is 2.66. The number of nitrogens with one attached hydrogen (secondary N) is 1.